The molecule has 0 radical (unpaired) electrons. The predicted octanol–water partition coefficient (Wildman–Crippen LogP) is 2.99. The van der Waals surface area contributed by atoms with Crippen molar-refractivity contribution in [2.45, 2.75) is 26.8 Å². The molecule has 7 nitrogen and oxygen atoms in total. The van der Waals surface area contributed by atoms with E-state index in [1.807, 2.05) is 57.1 Å². The highest BCUT2D eigenvalue weighted by Gasteiger charge is 2.30. The Labute approximate surface area is 201 Å². The molecule has 0 bridgehead atoms. The zero-order valence-electron chi connectivity index (χ0n) is 19.8. The van der Waals surface area contributed by atoms with Crippen LogP contribution in [0.4, 0.5) is 5.69 Å². The second kappa shape index (κ2) is 9.30. The Morgan fingerprint density at radius 1 is 1.24 bits per heavy atom. The fourth-order valence-electron chi connectivity index (χ4n) is 4.08. The number of thiazole rings is 1. The minimum Gasteiger partial charge on any atom is -0.504 e. The van der Waals surface area contributed by atoms with Crippen LogP contribution in [-0.4, -0.2) is 36.2 Å². The van der Waals surface area contributed by atoms with Gasteiger partial charge < -0.3 is 14.7 Å². The topological polar surface area (TPSA) is 84.1 Å². The molecule has 3 aromatic rings. The number of benzene rings is 2. The Morgan fingerprint density at radius 2 is 1.94 bits per heavy atom. The number of hydrogen-bond acceptors (Lipinski definition) is 7. The number of phenols is 1. The molecule has 0 saturated heterocycles. The summed E-state index contributed by atoms with van der Waals surface area (Å²) < 4.78 is 7.56. The van der Waals surface area contributed by atoms with E-state index in [1.165, 1.54) is 18.3 Å². The molecule has 0 unspecified atom stereocenters. The molecular formula is C26H27N3O4S. The quantitative estimate of drug-likeness (QED) is 0.590. The zero-order chi connectivity index (χ0) is 24.6. The summed E-state index contributed by atoms with van der Waals surface area (Å²) in [5, 5.41) is 9.99. The zero-order valence-corrected chi connectivity index (χ0v) is 20.6. The largest absolute Gasteiger partial charge is 0.504 e. The van der Waals surface area contributed by atoms with Crippen LogP contribution in [0, 0.1) is 0 Å². The summed E-state index contributed by atoms with van der Waals surface area (Å²) in [4.78, 5) is 33.4. The van der Waals surface area contributed by atoms with Crippen LogP contribution < -0.4 is 24.5 Å². The number of phenolic OH excluding ortho intramolecular Hbond substituents is 1. The molecule has 0 aliphatic carbocycles. The summed E-state index contributed by atoms with van der Waals surface area (Å²) in [7, 11) is 3.92. The summed E-state index contributed by atoms with van der Waals surface area (Å²) in [6.07, 6.45) is 1.75. The van der Waals surface area contributed by atoms with Gasteiger partial charge in [0.15, 0.2) is 22.1 Å². The second-order valence-electron chi connectivity index (χ2n) is 8.28. The lowest BCUT2D eigenvalue weighted by atomic mass is 9.93. The van der Waals surface area contributed by atoms with Crippen molar-refractivity contribution in [2.24, 2.45) is 4.99 Å². The van der Waals surface area contributed by atoms with E-state index in [0.717, 1.165) is 16.8 Å². The van der Waals surface area contributed by atoms with E-state index in [1.54, 1.807) is 28.8 Å². The van der Waals surface area contributed by atoms with Crippen molar-refractivity contribution in [1.29, 1.82) is 0 Å². The number of carbonyl (C=O) groups is 1. The Bertz CT molecular complexity index is 1460. The van der Waals surface area contributed by atoms with Gasteiger partial charge in [-0.3, -0.25) is 14.2 Å². The van der Waals surface area contributed by atoms with Crippen molar-refractivity contribution >= 4 is 28.9 Å². The van der Waals surface area contributed by atoms with Gasteiger partial charge >= 0.3 is 0 Å². The van der Waals surface area contributed by atoms with Crippen LogP contribution in [0.2, 0.25) is 0 Å². The number of anilines is 1. The van der Waals surface area contributed by atoms with Crippen molar-refractivity contribution in [2.75, 3.05) is 25.6 Å². The summed E-state index contributed by atoms with van der Waals surface area (Å²) in [6.45, 7) is 5.57. The fraction of sp³-hybridized carbons (Fsp3) is 0.269. The highest BCUT2D eigenvalue weighted by atomic mass is 32.1. The summed E-state index contributed by atoms with van der Waals surface area (Å²) in [6, 6.07) is 12.3. The molecule has 0 amide bonds. The number of hydrogen-bond donors (Lipinski definition) is 1. The van der Waals surface area contributed by atoms with Gasteiger partial charge in [-0.05, 0) is 62.2 Å². The third-order valence-electron chi connectivity index (χ3n) is 5.71. The first-order valence-corrected chi connectivity index (χ1v) is 11.8. The van der Waals surface area contributed by atoms with E-state index >= 15 is 0 Å². The van der Waals surface area contributed by atoms with Gasteiger partial charge in [0.2, 0.25) is 0 Å². The lowest BCUT2D eigenvalue weighted by Crippen LogP contribution is -2.39. The molecule has 1 aromatic heterocycles. The van der Waals surface area contributed by atoms with E-state index in [9.17, 15) is 14.7 Å². The Morgan fingerprint density at radius 3 is 2.56 bits per heavy atom. The summed E-state index contributed by atoms with van der Waals surface area (Å²) >= 11 is 1.28. The number of ether oxygens (including phenoxy) is 1. The van der Waals surface area contributed by atoms with Gasteiger partial charge in [-0.25, -0.2) is 4.99 Å². The first-order chi connectivity index (χ1) is 16.2. The minimum absolute atomic E-state index is 0.0448. The Kier molecular flexibility index (Phi) is 6.43. The first-order valence-electron chi connectivity index (χ1n) is 11.0. The number of Topliss-reactive ketones (excluding diaryl/α,β-unsaturated/α-hetero) is 1. The molecule has 2 aromatic carbocycles. The number of rotatable bonds is 6. The fourth-order valence-corrected chi connectivity index (χ4v) is 5.13. The van der Waals surface area contributed by atoms with E-state index in [4.69, 9.17) is 4.74 Å². The van der Waals surface area contributed by atoms with Gasteiger partial charge in [-0.15, -0.1) is 0 Å². The average molecular weight is 478 g/mol. The maximum absolute atomic E-state index is 13.6. The molecule has 4 rings (SSSR count). The van der Waals surface area contributed by atoms with E-state index in [-0.39, 0.29) is 17.1 Å². The lowest BCUT2D eigenvalue weighted by Gasteiger charge is -2.25. The number of ketones is 1. The Balaban J connectivity index is 1.90. The molecule has 0 saturated carbocycles. The van der Waals surface area contributed by atoms with Gasteiger partial charge in [0.25, 0.3) is 5.56 Å². The van der Waals surface area contributed by atoms with Crippen molar-refractivity contribution in [3.8, 4) is 11.5 Å². The van der Waals surface area contributed by atoms with Gasteiger partial charge in [0.05, 0.1) is 17.2 Å². The van der Waals surface area contributed by atoms with E-state index in [0.29, 0.717) is 33.0 Å². The minimum atomic E-state index is -0.550. The molecule has 8 heteroatoms. The molecule has 176 valence electrons. The summed E-state index contributed by atoms with van der Waals surface area (Å²) in [5.74, 6) is 0.290. The molecule has 1 aliphatic heterocycles. The molecule has 1 aliphatic rings. The monoisotopic (exact) mass is 477 g/mol. The molecule has 34 heavy (non-hydrogen) atoms. The van der Waals surface area contributed by atoms with Gasteiger partial charge in [0, 0.05) is 31.1 Å². The van der Waals surface area contributed by atoms with Crippen LogP contribution in [0.5, 0.6) is 11.5 Å². The van der Waals surface area contributed by atoms with Crippen LogP contribution in [0.15, 0.2) is 63.5 Å². The number of fused-ring (bicyclic) bond motifs is 1. The lowest BCUT2D eigenvalue weighted by molar-refractivity contribution is -0.114. The van der Waals surface area contributed by atoms with Crippen molar-refractivity contribution in [3.05, 3.63) is 84.5 Å². The Hall–Kier alpha value is -3.65. The van der Waals surface area contributed by atoms with Gasteiger partial charge in [0.1, 0.15) is 0 Å². The van der Waals surface area contributed by atoms with Gasteiger partial charge in [-0.1, -0.05) is 29.5 Å². The van der Waals surface area contributed by atoms with Crippen LogP contribution in [0.1, 0.15) is 37.9 Å². The normalized spacial score (nSPS) is 15.7. The highest BCUT2D eigenvalue weighted by Crippen LogP contribution is 2.31. The second-order valence-corrected chi connectivity index (χ2v) is 9.29. The number of nitrogens with zero attached hydrogens (tertiary/aromatic N) is 3. The molecule has 0 fully saturated rings. The molecule has 2 heterocycles. The predicted molar refractivity (Wildman–Crippen MR) is 134 cm³/mol. The van der Waals surface area contributed by atoms with Crippen molar-refractivity contribution < 1.29 is 14.6 Å². The van der Waals surface area contributed by atoms with E-state index < -0.39 is 6.04 Å². The smallest absolute Gasteiger partial charge is 0.271 e. The third-order valence-corrected chi connectivity index (χ3v) is 6.69. The van der Waals surface area contributed by atoms with Crippen LogP contribution in [0.25, 0.3) is 6.08 Å². The van der Waals surface area contributed by atoms with Gasteiger partial charge in [-0.2, -0.15) is 0 Å². The number of carbonyl (C=O) groups excluding carboxylic acids is 1. The van der Waals surface area contributed by atoms with Crippen LogP contribution in [-0.2, 0) is 4.79 Å². The third kappa shape index (κ3) is 4.28. The molecule has 0 spiro atoms. The molecule has 1 atom stereocenters. The average Bonchev–Trinajstić information content (AvgIpc) is 3.09. The summed E-state index contributed by atoms with van der Waals surface area (Å²) in [5.41, 5.74) is 3.51. The maximum Gasteiger partial charge on any atom is 0.271 e. The van der Waals surface area contributed by atoms with Crippen molar-refractivity contribution in [3.63, 3.8) is 0 Å². The van der Waals surface area contributed by atoms with Crippen LogP contribution in [0.3, 0.4) is 0 Å². The maximum atomic E-state index is 13.6. The molecule has 1 N–H and O–H groups in total. The SMILES string of the molecule is CCOc1cc(/C=c2/sc3n(c2=O)[C@H](c2ccc(N(C)C)cc2)C(C(C)=O)=C(C)N=3)ccc1O. The number of aromatic nitrogens is 1. The van der Waals surface area contributed by atoms with Crippen molar-refractivity contribution in [1.82, 2.24) is 4.57 Å². The van der Waals surface area contributed by atoms with E-state index in [2.05, 4.69) is 4.99 Å². The van der Waals surface area contributed by atoms with Crippen LogP contribution >= 0.6 is 11.3 Å². The first kappa shape index (κ1) is 23.5. The number of allylic oxidation sites excluding steroid dienone is 2. The standard InChI is InChI=1S/C26H27N3O4S/c1-6-33-21-13-17(7-12-20(21)31)14-22-25(32)29-24(18-8-10-19(11-9-18)28(4)5)23(16(3)30)15(2)27-26(29)34-22/h7-14,24,31H,6H2,1-5H3/b22-14+/t24-/m1/s1. The number of aromatic hydroxyl groups is 1. The molecular weight excluding hydrogens is 450 g/mol. The highest BCUT2D eigenvalue weighted by molar-refractivity contribution is 7.07.